The van der Waals surface area contributed by atoms with Crippen molar-refractivity contribution in [3.8, 4) is 11.8 Å². The van der Waals surface area contributed by atoms with Crippen molar-refractivity contribution < 1.29 is 13.2 Å². The van der Waals surface area contributed by atoms with Crippen LogP contribution in [-0.2, 0) is 25.7 Å². The molecule has 0 aliphatic heterocycles. The van der Waals surface area contributed by atoms with Crippen LogP contribution in [0.4, 0.5) is 13.2 Å². The summed E-state index contributed by atoms with van der Waals surface area (Å²) in [5.41, 5.74) is 4.75. The third kappa shape index (κ3) is 8.92. The van der Waals surface area contributed by atoms with E-state index >= 15 is 0 Å². The van der Waals surface area contributed by atoms with Crippen LogP contribution < -0.4 is 0 Å². The fourth-order valence-corrected chi connectivity index (χ4v) is 3.94. The Labute approximate surface area is 208 Å². The number of unbranched alkanes of at least 4 members (excludes halogenated alkanes) is 3. The van der Waals surface area contributed by atoms with Crippen molar-refractivity contribution in [1.82, 2.24) is 4.90 Å². The minimum atomic E-state index is -4.30. The van der Waals surface area contributed by atoms with Gasteiger partial charge in [-0.1, -0.05) is 81.3 Å². The van der Waals surface area contributed by atoms with Gasteiger partial charge in [0.25, 0.3) is 0 Å². The lowest BCUT2D eigenvalue weighted by Gasteiger charge is -2.21. The minimum Gasteiger partial charge on any atom is -0.295 e. The van der Waals surface area contributed by atoms with Crippen molar-refractivity contribution in [2.24, 2.45) is 0 Å². The highest BCUT2D eigenvalue weighted by Crippen LogP contribution is 2.29. The molecule has 0 unspecified atom stereocenters. The number of halogens is 3. The SMILES string of the molecule is CCCCCCc1ccc(C#Cc2ccc(CN(CC)Cc3ccc(C(F)(F)F)cc3)cc2)cc1. The van der Waals surface area contributed by atoms with Gasteiger partial charge < -0.3 is 0 Å². The number of alkyl halides is 3. The highest BCUT2D eigenvalue weighted by atomic mass is 19.4. The first-order chi connectivity index (χ1) is 16.9. The summed E-state index contributed by atoms with van der Waals surface area (Å²) in [7, 11) is 0. The van der Waals surface area contributed by atoms with Crippen molar-refractivity contribution in [1.29, 1.82) is 0 Å². The van der Waals surface area contributed by atoms with Crippen LogP contribution in [0.15, 0.2) is 72.8 Å². The molecule has 4 heteroatoms. The van der Waals surface area contributed by atoms with E-state index in [9.17, 15) is 13.2 Å². The molecule has 184 valence electrons. The smallest absolute Gasteiger partial charge is 0.295 e. The van der Waals surface area contributed by atoms with E-state index in [0.717, 1.165) is 53.9 Å². The Morgan fingerprint density at radius 3 is 1.57 bits per heavy atom. The number of hydrogen-bond donors (Lipinski definition) is 0. The fourth-order valence-electron chi connectivity index (χ4n) is 3.94. The molecular formula is C31H34F3N. The molecule has 0 saturated carbocycles. The first kappa shape index (κ1) is 26.6. The highest BCUT2D eigenvalue weighted by Gasteiger charge is 2.29. The molecule has 0 amide bonds. The van der Waals surface area contributed by atoms with E-state index in [-0.39, 0.29) is 0 Å². The molecule has 0 spiro atoms. The maximum Gasteiger partial charge on any atom is 0.416 e. The monoisotopic (exact) mass is 477 g/mol. The Hall–Kier alpha value is -3.03. The summed E-state index contributed by atoms with van der Waals surface area (Å²) in [6, 6.07) is 22.1. The van der Waals surface area contributed by atoms with Gasteiger partial charge in [0.2, 0.25) is 0 Å². The van der Waals surface area contributed by atoms with Crippen LogP contribution in [0.1, 0.15) is 72.9 Å². The molecule has 0 atom stereocenters. The first-order valence-corrected chi connectivity index (χ1v) is 12.5. The van der Waals surface area contributed by atoms with Crippen LogP contribution >= 0.6 is 0 Å². The van der Waals surface area contributed by atoms with E-state index in [1.165, 1.54) is 31.2 Å². The minimum absolute atomic E-state index is 0.602. The zero-order chi connectivity index (χ0) is 25.1. The third-order valence-electron chi connectivity index (χ3n) is 6.12. The van der Waals surface area contributed by atoms with Crippen LogP contribution in [0, 0.1) is 11.8 Å². The van der Waals surface area contributed by atoms with Gasteiger partial charge in [-0.15, -0.1) is 0 Å². The van der Waals surface area contributed by atoms with E-state index in [0.29, 0.717) is 6.54 Å². The lowest BCUT2D eigenvalue weighted by atomic mass is 10.0. The van der Waals surface area contributed by atoms with Gasteiger partial charge in [0.05, 0.1) is 5.56 Å². The maximum atomic E-state index is 12.8. The normalized spacial score (nSPS) is 11.4. The Bertz CT molecular complexity index is 1090. The van der Waals surface area contributed by atoms with Crippen LogP contribution in [0.3, 0.4) is 0 Å². The van der Waals surface area contributed by atoms with Gasteiger partial charge in [0, 0.05) is 24.2 Å². The largest absolute Gasteiger partial charge is 0.416 e. The van der Waals surface area contributed by atoms with Gasteiger partial charge in [-0.2, -0.15) is 13.2 Å². The van der Waals surface area contributed by atoms with Crippen LogP contribution in [-0.4, -0.2) is 11.4 Å². The fraction of sp³-hybridized carbons (Fsp3) is 0.355. The number of nitrogens with zero attached hydrogens (tertiary/aromatic N) is 1. The van der Waals surface area contributed by atoms with Crippen molar-refractivity contribution in [3.05, 3.63) is 106 Å². The molecule has 0 N–H and O–H groups in total. The van der Waals surface area contributed by atoms with E-state index in [1.54, 1.807) is 12.1 Å². The Morgan fingerprint density at radius 1 is 0.629 bits per heavy atom. The van der Waals surface area contributed by atoms with E-state index in [4.69, 9.17) is 0 Å². The summed E-state index contributed by atoms with van der Waals surface area (Å²) in [4.78, 5) is 2.20. The molecule has 0 aromatic heterocycles. The summed E-state index contributed by atoms with van der Waals surface area (Å²) < 4.78 is 38.3. The molecule has 1 nitrogen and oxygen atoms in total. The Morgan fingerprint density at radius 2 is 1.11 bits per heavy atom. The van der Waals surface area contributed by atoms with Gasteiger partial charge in [0.15, 0.2) is 0 Å². The van der Waals surface area contributed by atoms with E-state index in [2.05, 4.69) is 67.0 Å². The zero-order valence-corrected chi connectivity index (χ0v) is 20.7. The summed E-state index contributed by atoms with van der Waals surface area (Å²) >= 11 is 0. The molecular weight excluding hydrogens is 443 g/mol. The second-order valence-electron chi connectivity index (χ2n) is 8.95. The molecule has 0 aliphatic carbocycles. The van der Waals surface area contributed by atoms with Gasteiger partial charge in [-0.3, -0.25) is 4.90 Å². The molecule has 3 aromatic rings. The van der Waals surface area contributed by atoms with Crippen molar-refractivity contribution in [3.63, 3.8) is 0 Å². The Balaban J connectivity index is 1.53. The molecule has 3 aromatic carbocycles. The maximum absolute atomic E-state index is 12.8. The highest BCUT2D eigenvalue weighted by molar-refractivity contribution is 5.44. The number of rotatable bonds is 10. The molecule has 0 fully saturated rings. The summed E-state index contributed by atoms with van der Waals surface area (Å²) in [6.07, 6.45) is 1.92. The first-order valence-electron chi connectivity index (χ1n) is 12.5. The molecule has 0 heterocycles. The molecule has 35 heavy (non-hydrogen) atoms. The standard InChI is InChI=1S/C31H34F3N/c1-3-5-6-7-8-25-9-11-26(12-10-25)13-14-27-15-17-28(18-16-27)23-35(4-2)24-29-19-21-30(22-20-29)31(32,33)34/h9-12,15-22H,3-8,23-24H2,1-2H3. The molecule has 0 bridgehead atoms. The Kier molecular flexibility index (Phi) is 9.99. The van der Waals surface area contributed by atoms with Crippen LogP contribution in [0.2, 0.25) is 0 Å². The quantitative estimate of drug-likeness (QED) is 0.210. The van der Waals surface area contributed by atoms with Gasteiger partial charge >= 0.3 is 6.18 Å². The predicted molar refractivity (Wildman–Crippen MR) is 138 cm³/mol. The van der Waals surface area contributed by atoms with Crippen molar-refractivity contribution >= 4 is 0 Å². The second kappa shape index (κ2) is 13.2. The van der Waals surface area contributed by atoms with Crippen molar-refractivity contribution in [2.45, 2.75) is 65.2 Å². The number of hydrogen-bond acceptors (Lipinski definition) is 1. The van der Waals surface area contributed by atoms with Crippen LogP contribution in [0.25, 0.3) is 0 Å². The second-order valence-corrected chi connectivity index (χ2v) is 8.95. The van der Waals surface area contributed by atoms with E-state index < -0.39 is 11.7 Å². The summed E-state index contributed by atoms with van der Waals surface area (Å²) in [5.74, 6) is 6.48. The molecule has 3 rings (SSSR count). The molecule has 0 radical (unpaired) electrons. The predicted octanol–water partition coefficient (Wildman–Crippen LogP) is 8.25. The average Bonchev–Trinajstić information content (AvgIpc) is 2.86. The van der Waals surface area contributed by atoms with Crippen LogP contribution in [0.5, 0.6) is 0 Å². The third-order valence-corrected chi connectivity index (χ3v) is 6.12. The zero-order valence-electron chi connectivity index (χ0n) is 20.7. The number of aryl methyl sites for hydroxylation is 1. The average molecular weight is 478 g/mol. The van der Waals surface area contributed by atoms with Gasteiger partial charge in [0.1, 0.15) is 0 Å². The topological polar surface area (TPSA) is 3.24 Å². The lowest BCUT2D eigenvalue weighted by molar-refractivity contribution is -0.137. The lowest BCUT2D eigenvalue weighted by Crippen LogP contribution is -2.22. The molecule has 0 aliphatic rings. The molecule has 0 saturated heterocycles. The van der Waals surface area contributed by atoms with E-state index in [1.807, 2.05) is 12.1 Å². The summed E-state index contributed by atoms with van der Waals surface area (Å²) in [5, 5.41) is 0. The summed E-state index contributed by atoms with van der Waals surface area (Å²) in [6.45, 7) is 6.42. The van der Waals surface area contributed by atoms with Crippen molar-refractivity contribution in [2.75, 3.05) is 6.54 Å². The van der Waals surface area contributed by atoms with Gasteiger partial charge in [-0.25, -0.2) is 0 Å². The number of benzene rings is 3. The van der Waals surface area contributed by atoms with Gasteiger partial charge in [-0.05, 0) is 72.5 Å².